The molecule has 0 saturated heterocycles. The van der Waals surface area contributed by atoms with Crippen LogP contribution in [0.1, 0.15) is 22.8 Å². The molecule has 2 aromatic rings. The summed E-state index contributed by atoms with van der Waals surface area (Å²) >= 11 is 0. The van der Waals surface area contributed by atoms with E-state index in [1.54, 1.807) is 12.1 Å². The summed E-state index contributed by atoms with van der Waals surface area (Å²) in [6.45, 7) is 2.10. The Hall–Kier alpha value is -3.97. The van der Waals surface area contributed by atoms with Crippen LogP contribution in [0.25, 0.3) is 0 Å². The molecule has 2 N–H and O–H groups in total. The fourth-order valence-electron chi connectivity index (χ4n) is 2.41. The Morgan fingerprint density at radius 2 is 1.93 bits per heavy atom. The molecule has 0 heterocycles. The Morgan fingerprint density at radius 1 is 1.23 bits per heavy atom. The van der Waals surface area contributed by atoms with E-state index in [2.05, 4.69) is 10.6 Å². The fourth-order valence-corrected chi connectivity index (χ4v) is 2.41. The highest BCUT2D eigenvalue weighted by Gasteiger charge is 2.23. The molecule has 0 aliphatic rings. The van der Waals surface area contributed by atoms with Gasteiger partial charge >= 0.3 is 5.97 Å². The summed E-state index contributed by atoms with van der Waals surface area (Å²) in [6, 6.07) is 11.9. The van der Waals surface area contributed by atoms with Crippen molar-refractivity contribution in [3.63, 3.8) is 0 Å². The number of rotatable bonds is 9. The molecule has 10 nitrogen and oxygen atoms in total. The van der Waals surface area contributed by atoms with E-state index in [0.717, 1.165) is 6.07 Å². The maximum Gasteiger partial charge on any atom is 0.341 e. The van der Waals surface area contributed by atoms with Gasteiger partial charge < -0.3 is 20.1 Å². The number of benzene rings is 2. The van der Waals surface area contributed by atoms with Crippen molar-refractivity contribution in [2.45, 2.75) is 13.0 Å². The summed E-state index contributed by atoms with van der Waals surface area (Å²) in [5.41, 5.74) is 0.834. The van der Waals surface area contributed by atoms with Gasteiger partial charge in [0.1, 0.15) is 0 Å². The molecule has 0 unspecified atom stereocenters. The molecule has 0 fully saturated rings. The van der Waals surface area contributed by atoms with Gasteiger partial charge in [-0.1, -0.05) is 0 Å². The first-order valence-corrected chi connectivity index (χ1v) is 8.89. The van der Waals surface area contributed by atoms with Gasteiger partial charge in [-0.25, -0.2) is 4.79 Å². The van der Waals surface area contributed by atoms with Gasteiger partial charge in [-0.3, -0.25) is 14.9 Å². The minimum atomic E-state index is -1.17. The maximum absolute atomic E-state index is 12.6. The predicted molar refractivity (Wildman–Crippen MR) is 108 cm³/mol. The summed E-state index contributed by atoms with van der Waals surface area (Å²) in [5.74, 6) is -1.48. The van der Waals surface area contributed by atoms with Crippen molar-refractivity contribution in [2.24, 2.45) is 0 Å². The fraction of sp³-hybridized carbons (Fsp3) is 0.250. The quantitative estimate of drug-likeness (QED) is 0.277. The van der Waals surface area contributed by atoms with E-state index in [-0.39, 0.29) is 11.3 Å². The number of amides is 1. The van der Waals surface area contributed by atoms with E-state index in [0.29, 0.717) is 30.1 Å². The number of nitrogens with one attached hydrogen (secondary N) is 2. The molecular weight excluding hydrogens is 392 g/mol. The Bertz CT molecular complexity index is 968. The van der Waals surface area contributed by atoms with Crippen molar-refractivity contribution in [2.75, 3.05) is 30.9 Å². The van der Waals surface area contributed by atoms with Crippen LogP contribution in [0.15, 0.2) is 42.5 Å². The van der Waals surface area contributed by atoms with Crippen LogP contribution in [0, 0.1) is 21.4 Å². The zero-order chi connectivity index (χ0) is 22.1. The molecule has 1 atom stereocenters. The first-order chi connectivity index (χ1) is 14.3. The second kappa shape index (κ2) is 10.5. The number of ether oxygens (including phenoxy) is 2. The number of non-ortho nitro benzene ring substituents is 1. The van der Waals surface area contributed by atoms with Gasteiger partial charge in [0.05, 0.1) is 28.7 Å². The lowest BCUT2D eigenvalue weighted by Crippen LogP contribution is -2.30. The van der Waals surface area contributed by atoms with Gasteiger partial charge in [0.15, 0.2) is 6.10 Å². The van der Waals surface area contributed by atoms with E-state index < -0.39 is 22.9 Å². The molecule has 10 heteroatoms. The highest BCUT2D eigenvalue weighted by Crippen LogP contribution is 2.23. The highest BCUT2D eigenvalue weighted by atomic mass is 16.6. The normalized spacial score (nSPS) is 11.1. The predicted octanol–water partition coefficient (Wildman–Crippen LogP) is 2.71. The van der Waals surface area contributed by atoms with E-state index in [9.17, 15) is 19.7 Å². The number of nitro groups is 1. The van der Waals surface area contributed by atoms with Crippen LogP contribution in [0.5, 0.6) is 0 Å². The van der Waals surface area contributed by atoms with E-state index in [1.807, 2.05) is 6.07 Å². The average molecular weight is 412 g/mol. The number of esters is 1. The van der Waals surface area contributed by atoms with Gasteiger partial charge in [-0.15, -0.1) is 0 Å². The van der Waals surface area contributed by atoms with Crippen LogP contribution in [-0.4, -0.2) is 43.2 Å². The molecule has 1 amide bonds. The maximum atomic E-state index is 12.6. The average Bonchev–Trinajstić information content (AvgIpc) is 2.74. The van der Waals surface area contributed by atoms with Crippen molar-refractivity contribution >= 4 is 28.9 Å². The highest BCUT2D eigenvalue weighted by molar-refractivity contribution is 6.00. The Morgan fingerprint density at radius 3 is 2.53 bits per heavy atom. The smallest absolute Gasteiger partial charge is 0.341 e. The third-order valence-electron chi connectivity index (χ3n) is 3.99. The Kier molecular flexibility index (Phi) is 7.84. The summed E-state index contributed by atoms with van der Waals surface area (Å²) in [7, 11) is 1.51. The molecule has 0 saturated carbocycles. The lowest BCUT2D eigenvalue weighted by molar-refractivity contribution is -0.384. The molecule has 0 bridgehead atoms. The van der Waals surface area contributed by atoms with E-state index in [1.165, 1.54) is 38.3 Å². The molecular formula is C20H20N4O6. The van der Waals surface area contributed by atoms with Crippen molar-refractivity contribution in [1.82, 2.24) is 0 Å². The number of nitriles is 1. The number of anilines is 2. The molecule has 0 aromatic heterocycles. The third-order valence-corrected chi connectivity index (χ3v) is 3.99. The van der Waals surface area contributed by atoms with Gasteiger partial charge in [0.2, 0.25) is 0 Å². The molecule has 0 aliphatic heterocycles. The Labute approximate surface area is 172 Å². The van der Waals surface area contributed by atoms with Crippen LogP contribution in [0.4, 0.5) is 17.1 Å². The second-order valence-electron chi connectivity index (χ2n) is 6.13. The van der Waals surface area contributed by atoms with Crippen LogP contribution < -0.4 is 10.6 Å². The molecule has 0 aliphatic carbocycles. The van der Waals surface area contributed by atoms with Crippen LogP contribution in [0.2, 0.25) is 0 Å². The van der Waals surface area contributed by atoms with Crippen LogP contribution >= 0.6 is 0 Å². The first-order valence-electron chi connectivity index (χ1n) is 8.89. The summed E-state index contributed by atoms with van der Waals surface area (Å²) in [4.78, 5) is 35.3. The Balaban J connectivity index is 2.11. The largest absolute Gasteiger partial charge is 0.449 e. The second-order valence-corrected chi connectivity index (χ2v) is 6.13. The van der Waals surface area contributed by atoms with Gasteiger partial charge in [0, 0.05) is 37.2 Å². The molecule has 2 aromatic carbocycles. The molecule has 0 radical (unpaired) electrons. The zero-order valence-electron chi connectivity index (χ0n) is 16.4. The minimum Gasteiger partial charge on any atom is -0.449 e. The molecule has 2 rings (SSSR count). The number of methoxy groups -OCH3 is 1. The van der Waals surface area contributed by atoms with Crippen LogP contribution in [-0.2, 0) is 14.3 Å². The lowest BCUT2D eigenvalue weighted by Gasteiger charge is -2.16. The number of nitrogens with zero attached hydrogens (tertiary/aromatic N) is 2. The van der Waals surface area contributed by atoms with Crippen molar-refractivity contribution < 1.29 is 24.0 Å². The SMILES string of the molecule is COCCNc1ccc([N+](=O)[O-])cc1C(=O)O[C@H](C)C(=O)Nc1ccc(C#N)cc1. The molecule has 156 valence electrons. The van der Waals surface area contributed by atoms with Gasteiger partial charge in [-0.2, -0.15) is 5.26 Å². The first kappa shape index (κ1) is 22.3. The van der Waals surface area contributed by atoms with Crippen LogP contribution in [0.3, 0.4) is 0 Å². The number of carbonyl (C=O) groups excluding carboxylic acids is 2. The van der Waals surface area contributed by atoms with Crippen molar-refractivity contribution in [3.8, 4) is 6.07 Å². The summed E-state index contributed by atoms with van der Waals surface area (Å²) in [5, 5.41) is 25.4. The molecule has 30 heavy (non-hydrogen) atoms. The van der Waals surface area contributed by atoms with E-state index >= 15 is 0 Å². The standard InChI is InChI=1S/C20H20N4O6/c1-13(19(25)23-15-5-3-14(12-21)4-6-15)30-20(26)17-11-16(24(27)28)7-8-18(17)22-9-10-29-2/h3-8,11,13,22H,9-10H2,1-2H3,(H,23,25)/t13-/m1/s1. The topological polar surface area (TPSA) is 144 Å². The van der Waals surface area contributed by atoms with Gasteiger partial charge in [0.25, 0.3) is 11.6 Å². The molecule has 0 spiro atoms. The van der Waals surface area contributed by atoms with E-state index in [4.69, 9.17) is 14.7 Å². The number of hydrogen-bond acceptors (Lipinski definition) is 8. The number of nitro benzene ring substituents is 1. The van der Waals surface area contributed by atoms with Crippen molar-refractivity contribution in [3.05, 3.63) is 63.7 Å². The van der Waals surface area contributed by atoms with Crippen molar-refractivity contribution in [1.29, 1.82) is 5.26 Å². The summed E-state index contributed by atoms with van der Waals surface area (Å²) < 4.78 is 10.1. The lowest BCUT2D eigenvalue weighted by atomic mass is 10.1. The minimum absolute atomic E-state index is 0.0710. The number of hydrogen-bond donors (Lipinski definition) is 2. The monoisotopic (exact) mass is 412 g/mol. The zero-order valence-corrected chi connectivity index (χ0v) is 16.4. The third kappa shape index (κ3) is 6.02. The summed E-state index contributed by atoms with van der Waals surface area (Å²) in [6.07, 6.45) is -1.17. The van der Waals surface area contributed by atoms with Gasteiger partial charge in [-0.05, 0) is 37.3 Å². The number of carbonyl (C=O) groups is 2.